The van der Waals surface area contributed by atoms with Crippen LogP contribution in [0.5, 0.6) is 0 Å². The van der Waals surface area contributed by atoms with Crippen molar-refractivity contribution >= 4 is 28.6 Å². The average Bonchev–Trinajstić information content (AvgIpc) is 3.64. The van der Waals surface area contributed by atoms with Crippen LogP contribution in [-0.4, -0.2) is 50.5 Å². The minimum Gasteiger partial charge on any atom is -0.364 e. The molecule has 1 aromatic heterocycles. The van der Waals surface area contributed by atoms with E-state index in [1.54, 1.807) is 35.2 Å². The molecule has 8 nitrogen and oxygen atoms in total. The molecule has 6 rings (SSSR count). The largest absolute Gasteiger partial charge is 0.364 e. The summed E-state index contributed by atoms with van der Waals surface area (Å²) in [7, 11) is 0. The number of fused-ring (bicyclic) bond motifs is 2. The Morgan fingerprint density at radius 1 is 1.11 bits per heavy atom. The molecular weight excluding hydrogens is 456 g/mol. The SMILES string of the molecule is NC(=O)c1nn(CC(=O)N2[C@@H]3C[C@@H]3C[C@H]2C(=O)NC2CC2(F)c2ccccc2F)c2ccccc12. The van der Waals surface area contributed by atoms with Crippen molar-refractivity contribution in [2.24, 2.45) is 11.7 Å². The number of alkyl halides is 1. The lowest BCUT2D eigenvalue weighted by Crippen LogP contribution is -2.50. The van der Waals surface area contributed by atoms with Crippen molar-refractivity contribution in [2.45, 2.75) is 49.6 Å². The summed E-state index contributed by atoms with van der Waals surface area (Å²) in [6.07, 6.45) is 1.30. The summed E-state index contributed by atoms with van der Waals surface area (Å²) in [6, 6.07) is 11.0. The van der Waals surface area contributed by atoms with E-state index in [1.165, 1.54) is 22.9 Å². The number of carbonyl (C=O) groups is 3. The number of hydrogen-bond donors (Lipinski definition) is 2. The van der Waals surface area contributed by atoms with E-state index in [1.807, 2.05) is 0 Å². The van der Waals surface area contributed by atoms with Crippen LogP contribution in [0.2, 0.25) is 0 Å². The van der Waals surface area contributed by atoms with Gasteiger partial charge in [-0.25, -0.2) is 8.78 Å². The number of benzene rings is 2. The van der Waals surface area contributed by atoms with Crippen molar-refractivity contribution in [1.29, 1.82) is 0 Å². The second-order valence-corrected chi connectivity index (χ2v) is 9.61. The molecule has 10 heteroatoms. The van der Waals surface area contributed by atoms with Crippen LogP contribution in [0.3, 0.4) is 0 Å². The van der Waals surface area contributed by atoms with Gasteiger partial charge in [0.2, 0.25) is 11.8 Å². The Bertz CT molecular complexity index is 1390. The van der Waals surface area contributed by atoms with Crippen molar-refractivity contribution in [3.8, 4) is 0 Å². The van der Waals surface area contributed by atoms with Crippen LogP contribution in [0.25, 0.3) is 10.9 Å². The van der Waals surface area contributed by atoms with Gasteiger partial charge in [0, 0.05) is 23.4 Å². The first-order valence-electron chi connectivity index (χ1n) is 11.6. The molecule has 0 spiro atoms. The summed E-state index contributed by atoms with van der Waals surface area (Å²) < 4.78 is 30.8. The minimum absolute atomic E-state index is 0.0115. The summed E-state index contributed by atoms with van der Waals surface area (Å²) in [5, 5.41) is 7.48. The van der Waals surface area contributed by atoms with Gasteiger partial charge < -0.3 is 16.0 Å². The molecule has 2 aliphatic carbocycles. The number of rotatable bonds is 6. The molecule has 5 atom stereocenters. The number of hydrogen-bond acceptors (Lipinski definition) is 4. The van der Waals surface area contributed by atoms with Gasteiger partial charge in [0.1, 0.15) is 18.4 Å². The zero-order valence-corrected chi connectivity index (χ0v) is 18.7. The number of primary amides is 1. The van der Waals surface area contributed by atoms with Gasteiger partial charge in [-0.05, 0) is 30.9 Å². The number of halogens is 2. The van der Waals surface area contributed by atoms with E-state index in [4.69, 9.17) is 5.73 Å². The molecule has 2 unspecified atom stereocenters. The van der Waals surface area contributed by atoms with Crippen molar-refractivity contribution in [2.75, 3.05) is 0 Å². The normalized spacial score (nSPS) is 28.6. The molecule has 3 aliphatic rings. The molecule has 1 aliphatic heterocycles. The van der Waals surface area contributed by atoms with Crippen LogP contribution in [0.15, 0.2) is 48.5 Å². The third kappa shape index (κ3) is 3.46. The topological polar surface area (TPSA) is 110 Å². The second kappa shape index (κ2) is 7.59. The van der Waals surface area contributed by atoms with Crippen molar-refractivity contribution < 1.29 is 23.2 Å². The first-order chi connectivity index (χ1) is 16.8. The molecule has 3 aromatic rings. The predicted octanol–water partition coefficient (Wildman–Crippen LogP) is 2.02. The molecule has 0 bridgehead atoms. The molecule has 35 heavy (non-hydrogen) atoms. The molecule has 3 N–H and O–H groups in total. The van der Waals surface area contributed by atoms with E-state index in [0.29, 0.717) is 17.3 Å². The summed E-state index contributed by atoms with van der Waals surface area (Å²) in [6.45, 7) is -0.160. The van der Waals surface area contributed by atoms with Crippen LogP contribution in [0.1, 0.15) is 35.3 Å². The molecule has 1 saturated heterocycles. The number of likely N-dealkylation sites (tertiary alicyclic amines) is 1. The number of nitrogens with zero attached hydrogens (tertiary/aromatic N) is 3. The zero-order valence-electron chi connectivity index (χ0n) is 18.7. The molecule has 2 saturated carbocycles. The van der Waals surface area contributed by atoms with Gasteiger partial charge >= 0.3 is 0 Å². The highest BCUT2D eigenvalue weighted by atomic mass is 19.2. The quantitative estimate of drug-likeness (QED) is 0.564. The highest BCUT2D eigenvalue weighted by molar-refractivity contribution is 6.04. The molecule has 2 aromatic carbocycles. The Balaban J connectivity index is 1.19. The van der Waals surface area contributed by atoms with Gasteiger partial charge in [-0.1, -0.05) is 36.4 Å². The molecule has 3 amide bonds. The minimum atomic E-state index is -1.95. The van der Waals surface area contributed by atoms with E-state index < -0.39 is 35.4 Å². The van der Waals surface area contributed by atoms with Crippen molar-refractivity contribution in [3.05, 3.63) is 65.6 Å². The third-order valence-corrected chi connectivity index (χ3v) is 7.40. The summed E-state index contributed by atoms with van der Waals surface area (Å²) >= 11 is 0. The number of nitrogens with one attached hydrogen (secondary N) is 1. The monoisotopic (exact) mass is 479 g/mol. The lowest BCUT2D eigenvalue weighted by Gasteiger charge is -2.27. The maximum atomic E-state index is 15.3. The van der Waals surface area contributed by atoms with E-state index in [0.717, 1.165) is 6.42 Å². The number of carbonyl (C=O) groups excluding carboxylic acids is 3. The van der Waals surface area contributed by atoms with Gasteiger partial charge in [-0.15, -0.1) is 0 Å². The van der Waals surface area contributed by atoms with E-state index in [9.17, 15) is 18.8 Å². The van der Waals surface area contributed by atoms with Gasteiger partial charge in [0.15, 0.2) is 11.4 Å². The van der Waals surface area contributed by atoms with Gasteiger partial charge in [0.05, 0.1) is 11.6 Å². The Morgan fingerprint density at radius 2 is 1.86 bits per heavy atom. The number of piperidine rings is 1. The maximum Gasteiger partial charge on any atom is 0.269 e. The number of amides is 3. The van der Waals surface area contributed by atoms with E-state index in [-0.39, 0.29) is 42.1 Å². The van der Waals surface area contributed by atoms with Crippen LogP contribution >= 0.6 is 0 Å². The smallest absolute Gasteiger partial charge is 0.269 e. The Labute approximate surface area is 199 Å². The highest BCUT2D eigenvalue weighted by Crippen LogP contribution is 2.52. The van der Waals surface area contributed by atoms with Crippen molar-refractivity contribution in [3.63, 3.8) is 0 Å². The zero-order chi connectivity index (χ0) is 24.5. The first kappa shape index (κ1) is 21.7. The van der Waals surface area contributed by atoms with Crippen molar-refractivity contribution in [1.82, 2.24) is 20.0 Å². The fourth-order valence-corrected chi connectivity index (χ4v) is 5.46. The maximum absolute atomic E-state index is 15.3. The molecular formula is C25H23F2N5O3. The van der Waals surface area contributed by atoms with E-state index >= 15 is 4.39 Å². The molecule has 3 fully saturated rings. The number of nitrogens with two attached hydrogens (primary N) is 1. The fraction of sp³-hybridized carbons (Fsp3) is 0.360. The standard InChI is InChI=1S/C25H23F2N5O3/c26-16-7-3-2-6-15(16)25(27)11-20(25)29-24(35)19-10-13-9-18(13)32(19)21(33)12-31-17-8-4-1-5-14(17)22(30-31)23(28)34/h1-8,13,18-20H,9-12H2,(H2,28,34)(H,29,35)/t13-,18-,19+,20?,25?/m1/s1. The summed E-state index contributed by atoms with van der Waals surface area (Å²) in [5.41, 5.74) is 4.10. The highest BCUT2D eigenvalue weighted by Gasteiger charge is 2.61. The first-order valence-corrected chi connectivity index (χ1v) is 11.6. The lowest BCUT2D eigenvalue weighted by molar-refractivity contribution is -0.140. The van der Waals surface area contributed by atoms with Gasteiger partial charge in [-0.2, -0.15) is 5.10 Å². The number of aromatic nitrogens is 2. The molecule has 2 heterocycles. The average molecular weight is 479 g/mol. The van der Waals surface area contributed by atoms with Gasteiger partial charge in [-0.3, -0.25) is 19.1 Å². The summed E-state index contributed by atoms with van der Waals surface area (Å²) in [5.74, 6) is -1.86. The Hall–Kier alpha value is -3.82. The number of para-hydroxylation sites is 1. The fourth-order valence-electron chi connectivity index (χ4n) is 5.46. The van der Waals surface area contributed by atoms with Gasteiger partial charge in [0.25, 0.3) is 5.91 Å². The predicted molar refractivity (Wildman–Crippen MR) is 121 cm³/mol. The Kier molecular flexibility index (Phi) is 4.71. The van der Waals surface area contributed by atoms with Crippen LogP contribution in [0.4, 0.5) is 8.78 Å². The molecule has 0 radical (unpaired) electrons. The Morgan fingerprint density at radius 3 is 2.63 bits per heavy atom. The van der Waals surface area contributed by atoms with Crippen LogP contribution in [0, 0.1) is 11.7 Å². The lowest BCUT2D eigenvalue weighted by atomic mass is 10.1. The third-order valence-electron chi connectivity index (χ3n) is 7.40. The van der Waals surface area contributed by atoms with Crippen LogP contribution in [-0.2, 0) is 21.8 Å². The van der Waals surface area contributed by atoms with Crippen LogP contribution < -0.4 is 11.1 Å². The van der Waals surface area contributed by atoms with E-state index in [2.05, 4.69) is 10.4 Å². The molecule has 180 valence electrons. The summed E-state index contributed by atoms with van der Waals surface area (Å²) in [4.78, 5) is 39.8. The second-order valence-electron chi connectivity index (χ2n) is 9.61.